The number of fused-ring (bicyclic) bond motifs is 2. The molecule has 4 rings (SSSR count). The van der Waals surface area contributed by atoms with Gasteiger partial charge in [0, 0.05) is 24.1 Å². The Balaban J connectivity index is 2.11. The van der Waals surface area contributed by atoms with Crippen molar-refractivity contribution in [1.29, 1.82) is 0 Å². The number of nitrogens with zero attached hydrogens (tertiary/aromatic N) is 1. The minimum Gasteiger partial charge on any atom is -0.493 e. The topological polar surface area (TPSA) is 40.2 Å². The van der Waals surface area contributed by atoms with Gasteiger partial charge in [0.2, 0.25) is 0 Å². The highest BCUT2D eigenvalue weighted by atomic mass is 16.5. The highest BCUT2D eigenvalue weighted by molar-refractivity contribution is 5.85. The van der Waals surface area contributed by atoms with Gasteiger partial charge in [0.25, 0.3) is 0 Å². The lowest BCUT2D eigenvalue weighted by atomic mass is 9.71. The second-order valence-electron chi connectivity index (χ2n) is 7.32. The molecule has 0 saturated carbocycles. The van der Waals surface area contributed by atoms with Crippen LogP contribution in [0.25, 0.3) is 11.1 Å². The third-order valence-corrected chi connectivity index (χ3v) is 6.09. The molecule has 0 bridgehead atoms. The van der Waals surface area contributed by atoms with Crippen LogP contribution >= 0.6 is 0 Å². The fraction of sp³-hybridized carbons (Fsp3) is 0.455. The van der Waals surface area contributed by atoms with Crippen LogP contribution in [-0.4, -0.2) is 46.9 Å². The summed E-state index contributed by atoms with van der Waals surface area (Å²) in [5, 5.41) is 0. The molecule has 1 aliphatic heterocycles. The highest BCUT2D eigenvalue weighted by Gasteiger charge is 2.40. The number of likely N-dealkylation sites (N-methyl/N-ethyl adjacent to an activating group) is 1. The van der Waals surface area contributed by atoms with Gasteiger partial charge in [-0.2, -0.15) is 0 Å². The Morgan fingerprint density at radius 2 is 1.56 bits per heavy atom. The van der Waals surface area contributed by atoms with Crippen molar-refractivity contribution < 1.29 is 18.9 Å². The van der Waals surface area contributed by atoms with Crippen molar-refractivity contribution in [2.75, 3.05) is 42.0 Å². The van der Waals surface area contributed by atoms with E-state index in [2.05, 4.69) is 37.1 Å². The van der Waals surface area contributed by atoms with Crippen LogP contribution in [0.15, 0.2) is 18.2 Å². The maximum absolute atomic E-state index is 5.85. The molecule has 1 heterocycles. The van der Waals surface area contributed by atoms with Gasteiger partial charge in [0.15, 0.2) is 23.0 Å². The Morgan fingerprint density at radius 1 is 0.889 bits per heavy atom. The van der Waals surface area contributed by atoms with Crippen molar-refractivity contribution in [3.05, 3.63) is 34.9 Å². The summed E-state index contributed by atoms with van der Waals surface area (Å²) in [6, 6.07) is 6.64. The average Bonchev–Trinajstić information content (AvgIpc) is 2.70. The number of hydrogen-bond donors (Lipinski definition) is 0. The highest BCUT2D eigenvalue weighted by Crippen LogP contribution is 2.57. The summed E-state index contributed by atoms with van der Waals surface area (Å²) < 4.78 is 22.7. The van der Waals surface area contributed by atoms with Crippen molar-refractivity contribution in [3.63, 3.8) is 0 Å². The first-order valence-corrected chi connectivity index (χ1v) is 9.29. The SMILES string of the molecule is COc1cc2c(cc1OC)C(C)C1c3c(cc(OC)c(OC)c3-2)CCN1C. The van der Waals surface area contributed by atoms with Crippen LogP contribution in [0.3, 0.4) is 0 Å². The minimum atomic E-state index is 0.300. The van der Waals surface area contributed by atoms with E-state index in [4.69, 9.17) is 18.9 Å². The molecule has 0 saturated heterocycles. The summed E-state index contributed by atoms with van der Waals surface area (Å²) in [6.07, 6.45) is 1.00. The molecule has 0 fully saturated rings. The number of rotatable bonds is 4. The van der Waals surface area contributed by atoms with Gasteiger partial charge in [-0.3, -0.25) is 4.90 Å². The largest absolute Gasteiger partial charge is 0.493 e. The van der Waals surface area contributed by atoms with Gasteiger partial charge in [-0.05, 0) is 53.9 Å². The molecule has 0 radical (unpaired) electrons. The molecule has 0 spiro atoms. The lowest BCUT2D eigenvalue weighted by Crippen LogP contribution is -2.37. The van der Waals surface area contributed by atoms with Crippen molar-refractivity contribution in [2.24, 2.45) is 0 Å². The predicted octanol–water partition coefficient (Wildman–Crippen LogP) is 4.03. The van der Waals surface area contributed by atoms with E-state index >= 15 is 0 Å². The Bertz CT molecular complexity index is 893. The van der Waals surface area contributed by atoms with E-state index in [9.17, 15) is 0 Å². The molecular weight excluding hydrogens is 342 g/mol. The van der Waals surface area contributed by atoms with E-state index in [1.54, 1.807) is 28.4 Å². The third-order valence-electron chi connectivity index (χ3n) is 6.09. The smallest absolute Gasteiger partial charge is 0.168 e. The monoisotopic (exact) mass is 369 g/mol. The van der Waals surface area contributed by atoms with Gasteiger partial charge in [-0.25, -0.2) is 0 Å². The second kappa shape index (κ2) is 6.64. The molecule has 1 aliphatic carbocycles. The summed E-state index contributed by atoms with van der Waals surface area (Å²) >= 11 is 0. The van der Waals surface area contributed by atoms with Crippen LogP contribution in [0.4, 0.5) is 0 Å². The van der Waals surface area contributed by atoms with Crippen molar-refractivity contribution in [1.82, 2.24) is 4.90 Å². The van der Waals surface area contributed by atoms with Crippen LogP contribution < -0.4 is 18.9 Å². The van der Waals surface area contributed by atoms with E-state index in [0.29, 0.717) is 12.0 Å². The number of benzene rings is 2. The third kappa shape index (κ3) is 2.48. The van der Waals surface area contributed by atoms with Gasteiger partial charge < -0.3 is 18.9 Å². The molecule has 2 aliphatic rings. The van der Waals surface area contributed by atoms with E-state index in [1.165, 1.54) is 16.7 Å². The molecule has 0 amide bonds. The molecule has 27 heavy (non-hydrogen) atoms. The first-order valence-electron chi connectivity index (χ1n) is 9.29. The minimum absolute atomic E-state index is 0.300. The zero-order valence-corrected chi connectivity index (χ0v) is 16.9. The Labute approximate surface area is 160 Å². The molecule has 2 aromatic rings. The molecule has 2 unspecified atom stereocenters. The average molecular weight is 369 g/mol. The van der Waals surface area contributed by atoms with Crippen molar-refractivity contribution in [2.45, 2.75) is 25.3 Å². The van der Waals surface area contributed by atoms with Gasteiger partial charge >= 0.3 is 0 Å². The Morgan fingerprint density at radius 3 is 2.19 bits per heavy atom. The quantitative estimate of drug-likeness (QED) is 0.814. The second-order valence-corrected chi connectivity index (χ2v) is 7.32. The standard InChI is InChI=1S/C22H27NO4/c1-12-14-10-16(24-3)17(25-4)11-15(14)20-19-13(7-8-23(2)21(12)19)9-18(26-5)22(20)27-6/h9-12,21H,7-8H2,1-6H3. The zero-order chi connectivity index (χ0) is 19.3. The van der Waals surface area contributed by atoms with Crippen molar-refractivity contribution in [3.8, 4) is 34.1 Å². The lowest BCUT2D eigenvalue weighted by molar-refractivity contribution is 0.202. The molecule has 5 heteroatoms. The van der Waals surface area contributed by atoms with Crippen LogP contribution in [0.2, 0.25) is 0 Å². The van der Waals surface area contributed by atoms with Crippen molar-refractivity contribution >= 4 is 0 Å². The molecule has 144 valence electrons. The zero-order valence-electron chi connectivity index (χ0n) is 16.9. The fourth-order valence-corrected chi connectivity index (χ4v) is 4.82. The molecule has 2 atom stereocenters. The van der Waals surface area contributed by atoms with Crippen LogP contribution in [0, 0.1) is 0 Å². The molecule has 2 aromatic carbocycles. The van der Waals surface area contributed by atoms with E-state index in [1.807, 2.05) is 0 Å². The summed E-state index contributed by atoms with van der Waals surface area (Å²) in [7, 11) is 8.97. The molecule has 0 N–H and O–H groups in total. The molecule has 5 nitrogen and oxygen atoms in total. The number of methoxy groups -OCH3 is 4. The molecular formula is C22H27NO4. The maximum atomic E-state index is 5.85. The van der Waals surface area contributed by atoms with Crippen LogP contribution in [0.5, 0.6) is 23.0 Å². The van der Waals surface area contributed by atoms with Gasteiger partial charge in [0.05, 0.1) is 28.4 Å². The van der Waals surface area contributed by atoms with Gasteiger partial charge in [0.1, 0.15) is 0 Å². The van der Waals surface area contributed by atoms with E-state index in [0.717, 1.165) is 47.1 Å². The summed E-state index contributed by atoms with van der Waals surface area (Å²) in [4.78, 5) is 2.45. The first-order chi connectivity index (χ1) is 13.0. The predicted molar refractivity (Wildman–Crippen MR) is 106 cm³/mol. The van der Waals surface area contributed by atoms with E-state index < -0.39 is 0 Å². The fourth-order valence-electron chi connectivity index (χ4n) is 4.82. The maximum Gasteiger partial charge on any atom is 0.168 e. The number of ether oxygens (including phenoxy) is 4. The first kappa shape index (κ1) is 18.0. The van der Waals surface area contributed by atoms with Gasteiger partial charge in [-0.1, -0.05) is 6.92 Å². The summed E-state index contributed by atoms with van der Waals surface area (Å²) in [5.74, 6) is 3.38. The summed E-state index contributed by atoms with van der Waals surface area (Å²) in [5.41, 5.74) is 6.21. The lowest BCUT2D eigenvalue weighted by Gasteiger charge is -2.44. The van der Waals surface area contributed by atoms with Gasteiger partial charge in [-0.15, -0.1) is 0 Å². The van der Waals surface area contributed by atoms with Crippen LogP contribution in [-0.2, 0) is 6.42 Å². The summed E-state index contributed by atoms with van der Waals surface area (Å²) in [6.45, 7) is 3.32. The normalized spacial score (nSPS) is 20.5. The molecule has 0 aromatic heterocycles. The van der Waals surface area contributed by atoms with Crippen LogP contribution in [0.1, 0.15) is 35.6 Å². The Hall–Kier alpha value is -2.40. The van der Waals surface area contributed by atoms with E-state index in [-0.39, 0.29) is 0 Å². The Kier molecular flexibility index (Phi) is 4.42. The number of hydrogen-bond acceptors (Lipinski definition) is 5.